The summed E-state index contributed by atoms with van der Waals surface area (Å²) in [6.07, 6.45) is 6.56. The lowest BCUT2D eigenvalue weighted by molar-refractivity contribution is 0.306. The van der Waals surface area contributed by atoms with Gasteiger partial charge in [-0.25, -0.2) is 14.6 Å². The van der Waals surface area contributed by atoms with Crippen LogP contribution >= 0.6 is 0 Å². The van der Waals surface area contributed by atoms with Crippen LogP contribution in [0.3, 0.4) is 0 Å². The van der Waals surface area contributed by atoms with Crippen molar-refractivity contribution < 1.29 is 6.16 Å². The zero-order chi connectivity index (χ0) is 20.3. The van der Waals surface area contributed by atoms with E-state index in [1.54, 1.807) is 23.1 Å². The maximum atomic E-state index is 12.0. The molecule has 3 heterocycles. The summed E-state index contributed by atoms with van der Waals surface area (Å²) in [6, 6.07) is 19.5. The molecule has 148 valence electrons. The maximum absolute atomic E-state index is 12.0. The lowest BCUT2D eigenvalue weighted by Gasteiger charge is -2.07. The van der Waals surface area contributed by atoms with Crippen molar-refractivity contribution in [1.29, 1.82) is 0 Å². The Bertz CT molecular complexity index is 1380. The summed E-state index contributed by atoms with van der Waals surface area (Å²) >= 11 is 0. The van der Waals surface area contributed by atoms with Crippen molar-refractivity contribution in [3.63, 3.8) is 0 Å². The van der Waals surface area contributed by atoms with Gasteiger partial charge in [0.05, 0.1) is 17.9 Å². The van der Waals surface area contributed by atoms with Gasteiger partial charge in [-0.2, -0.15) is 5.10 Å². The second kappa shape index (κ2) is 7.63. The molecule has 0 fully saturated rings. The third-order valence-electron chi connectivity index (χ3n) is 4.75. The number of fused-ring (bicyclic) bond motifs is 1. The first-order chi connectivity index (χ1) is 14.8. The minimum atomic E-state index is -0.209. The molecular formula is C23H19N5O2. The number of hydrogen-bond acceptors (Lipinski definition) is 5. The molecule has 0 atom stereocenters. The first kappa shape index (κ1) is 17.8. The molecule has 0 amide bonds. The summed E-state index contributed by atoms with van der Waals surface area (Å²) in [5, 5.41) is 4.90. The van der Waals surface area contributed by atoms with E-state index < -0.39 is 0 Å². The van der Waals surface area contributed by atoms with Crippen molar-refractivity contribution >= 4 is 10.9 Å². The number of aromatic nitrogens is 5. The molecule has 5 rings (SSSR count). The van der Waals surface area contributed by atoms with Gasteiger partial charge in [0.25, 0.3) is 5.56 Å². The summed E-state index contributed by atoms with van der Waals surface area (Å²) in [5.41, 5.74) is 3.28. The van der Waals surface area contributed by atoms with Crippen LogP contribution in [0.4, 0.5) is 0 Å². The average molecular weight is 397 g/mol. The molecular weight excluding hydrogens is 378 g/mol. The van der Waals surface area contributed by atoms with E-state index in [-0.39, 0.29) is 6.99 Å². The Labute approximate surface area is 173 Å². The molecule has 0 aliphatic rings. The summed E-state index contributed by atoms with van der Waals surface area (Å²) in [4.78, 5) is 23.2. The molecule has 2 aromatic carbocycles. The van der Waals surface area contributed by atoms with Crippen molar-refractivity contribution in [2.45, 2.75) is 6.61 Å². The first-order valence-electron chi connectivity index (χ1n) is 9.42. The average Bonchev–Trinajstić information content (AvgIpc) is 3.29. The number of hydrogen-bond donors (Lipinski definition) is 1. The topological polar surface area (TPSA) is 85.7 Å². The Morgan fingerprint density at radius 3 is 2.80 bits per heavy atom. The molecule has 0 saturated heterocycles. The van der Waals surface area contributed by atoms with Gasteiger partial charge in [-0.3, -0.25) is 4.79 Å². The van der Waals surface area contributed by atoms with E-state index in [1.165, 1.54) is 6.33 Å². The monoisotopic (exact) mass is 397 g/mol. The molecule has 7 nitrogen and oxygen atoms in total. The van der Waals surface area contributed by atoms with Crippen LogP contribution in [0.1, 0.15) is 6.99 Å². The summed E-state index contributed by atoms with van der Waals surface area (Å²) < 4.78 is 7.56. The number of nitrogens with one attached hydrogen (secondary N) is 1. The highest BCUT2D eigenvalue weighted by Gasteiger charge is 2.11. The van der Waals surface area contributed by atoms with Gasteiger partial charge in [-0.05, 0) is 29.3 Å². The van der Waals surface area contributed by atoms with Gasteiger partial charge in [0.2, 0.25) is 0 Å². The fraction of sp³-hybridized carbons (Fsp3) is 0.0435. The summed E-state index contributed by atoms with van der Waals surface area (Å²) in [7, 11) is 0. The fourth-order valence-electron chi connectivity index (χ4n) is 3.25. The van der Waals surface area contributed by atoms with Crippen LogP contribution in [0.15, 0.2) is 90.4 Å². The van der Waals surface area contributed by atoms with Crippen molar-refractivity contribution in [2.24, 2.45) is 0 Å². The van der Waals surface area contributed by atoms with E-state index in [2.05, 4.69) is 20.1 Å². The molecule has 0 unspecified atom stereocenters. The smallest absolute Gasteiger partial charge is 0.258 e. The Balaban J connectivity index is 0.00000231. The fourth-order valence-corrected chi connectivity index (χ4v) is 3.25. The molecule has 0 bridgehead atoms. The van der Waals surface area contributed by atoms with Gasteiger partial charge in [0.15, 0.2) is 5.82 Å². The Morgan fingerprint density at radius 1 is 1.00 bits per heavy atom. The van der Waals surface area contributed by atoms with E-state index in [9.17, 15) is 4.79 Å². The molecule has 0 spiro atoms. The van der Waals surface area contributed by atoms with E-state index in [1.807, 2.05) is 60.8 Å². The zero-order valence-corrected chi connectivity index (χ0v) is 15.9. The van der Waals surface area contributed by atoms with Gasteiger partial charge in [-0.15, -0.1) is 0 Å². The van der Waals surface area contributed by atoms with E-state index in [0.717, 1.165) is 22.4 Å². The maximum Gasteiger partial charge on any atom is 0.258 e. The van der Waals surface area contributed by atoms with E-state index in [4.69, 9.17) is 4.74 Å². The predicted molar refractivity (Wildman–Crippen MR) is 116 cm³/mol. The molecule has 30 heavy (non-hydrogen) atoms. The number of rotatable bonds is 5. The van der Waals surface area contributed by atoms with Crippen molar-refractivity contribution in [2.75, 3.05) is 0 Å². The van der Waals surface area contributed by atoms with Gasteiger partial charge < -0.3 is 9.72 Å². The third-order valence-corrected chi connectivity index (χ3v) is 4.75. The largest absolute Gasteiger partial charge is 0.489 e. The van der Waals surface area contributed by atoms with Gasteiger partial charge >= 0.3 is 0 Å². The number of aromatic amines is 1. The summed E-state index contributed by atoms with van der Waals surface area (Å²) in [5.74, 6) is 1.28. The highest BCUT2D eigenvalue weighted by Crippen LogP contribution is 2.25. The Hall–Kier alpha value is -4.26. The lowest BCUT2D eigenvalue weighted by atomic mass is 10.1. The molecule has 5 aromatic rings. The van der Waals surface area contributed by atoms with Crippen LogP contribution in [0.2, 0.25) is 0 Å². The SMILES string of the molecule is O=c1[nH]cnc2c(-n3cc(-c4cccc(OCc5ccccc5)c4)cn3)nccc12.[HH]. The number of pyridine rings is 1. The van der Waals surface area contributed by atoms with Crippen LogP contribution in [-0.4, -0.2) is 24.7 Å². The van der Waals surface area contributed by atoms with Gasteiger partial charge in [0.1, 0.15) is 17.9 Å². The molecule has 0 saturated carbocycles. The lowest BCUT2D eigenvalue weighted by Crippen LogP contribution is -2.09. The minimum Gasteiger partial charge on any atom is -0.489 e. The molecule has 0 aliphatic heterocycles. The van der Waals surface area contributed by atoms with Crippen LogP contribution in [0, 0.1) is 0 Å². The molecule has 3 aromatic heterocycles. The van der Waals surface area contributed by atoms with Crippen LogP contribution in [-0.2, 0) is 6.61 Å². The van der Waals surface area contributed by atoms with Gasteiger partial charge in [-0.1, -0.05) is 42.5 Å². The molecule has 0 radical (unpaired) electrons. The summed E-state index contributed by atoms with van der Waals surface area (Å²) in [6.45, 7) is 0.504. The van der Waals surface area contributed by atoms with E-state index >= 15 is 0 Å². The molecule has 7 heteroatoms. The zero-order valence-electron chi connectivity index (χ0n) is 15.9. The van der Waals surface area contributed by atoms with Crippen molar-refractivity contribution in [3.05, 3.63) is 101 Å². The minimum absolute atomic E-state index is 0. The molecule has 0 aliphatic carbocycles. The highest BCUT2D eigenvalue weighted by atomic mass is 16.5. The number of ether oxygens (including phenoxy) is 1. The highest BCUT2D eigenvalue weighted by molar-refractivity contribution is 5.83. The Kier molecular flexibility index (Phi) is 4.53. The van der Waals surface area contributed by atoms with Crippen LogP contribution in [0.5, 0.6) is 5.75 Å². The van der Waals surface area contributed by atoms with Crippen LogP contribution in [0.25, 0.3) is 27.8 Å². The first-order valence-corrected chi connectivity index (χ1v) is 9.42. The predicted octanol–water partition coefficient (Wildman–Crippen LogP) is 4.00. The second-order valence-electron chi connectivity index (χ2n) is 6.74. The number of H-pyrrole nitrogens is 1. The third kappa shape index (κ3) is 3.44. The standard InChI is InChI=1S/C23H17N5O2.H2/c29-23-20-9-10-24-22(21(20)25-15-26-23)28-13-18(12-27-28)17-7-4-8-19(11-17)30-14-16-5-2-1-3-6-16;/h1-13,15H,14H2,(H,25,26,29);1H. The molecule has 1 N–H and O–H groups in total. The van der Waals surface area contributed by atoms with Crippen molar-refractivity contribution in [3.8, 4) is 22.7 Å². The number of benzene rings is 2. The van der Waals surface area contributed by atoms with E-state index in [0.29, 0.717) is 23.3 Å². The van der Waals surface area contributed by atoms with Crippen molar-refractivity contribution in [1.82, 2.24) is 24.7 Å². The van der Waals surface area contributed by atoms with Crippen LogP contribution < -0.4 is 10.3 Å². The number of nitrogens with zero attached hydrogens (tertiary/aromatic N) is 4. The quantitative estimate of drug-likeness (QED) is 0.485. The van der Waals surface area contributed by atoms with Gasteiger partial charge in [0, 0.05) is 19.4 Å². The normalized spacial score (nSPS) is 10.9. The second-order valence-corrected chi connectivity index (χ2v) is 6.74. The Morgan fingerprint density at radius 2 is 1.90 bits per heavy atom.